The number of likely N-dealkylation sites (N-methyl/N-ethyl adjacent to an activating group) is 1. The van der Waals surface area contributed by atoms with Crippen LogP contribution in [0.15, 0.2) is 36.5 Å². The molecule has 0 radical (unpaired) electrons. The first kappa shape index (κ1) is 51.2. The van der Waals surface area contributed by atoms with Crippen molar-refractivity contribution in [1.82, 2.24) is 0 Å². The summed E-state index contributed by atoms with van der Waals surface area (Å²) in [5, 5.41) is 0. The summed E-state index contributed by atoms with van der Waals surface area (Å²) in [7, 11) is 1.15. The molecular weight excluding hydrogens is 689 g/mol. The maximum atomic E-state index is 12.6. The standard InChI is InChI=1S/C43H80NO8P/c1-6-8-10-12-14-16-18-20-21-22-24-25-27-29-31-33-35-42(45)49-39-41(40-51-53(47,48)50-38-37-44(3,4)5)52-43(46)36-34-32-30-28-26-23-19-17-15-13-11-9-7-2/h9,11,15,17,23,26,41H,6-8,10,12-14,16,18-22,24-25,27-40H2,1-5H3/b11-9-,17-15-,26-23-. The van der Waals surface area contributed by atoms with E-state index in [0.717, 1.165) is 57.8 Å². The zero-order chi connectivity index (χ0) is 39.3. The lowest BCUT2D eigenvalue weighted by Gasteiger charge is -2.28. The van der Waals surface area contributed by atoms with Gasteiger partial charge < -0.3 is 27.9 Å². The van der Waals surface area contributed by atoms with Gasteiger partial charge in [0.1, 0.15) is 19.8 Å². The lowest BCUT2D eigenvalue weighted by Crippen LogP contribution is -2.37. The molecule has 2 unspecified atom stereocenters. The second kappa shape index (κ2) is 35.9. The molecule has 0 amide bonds. The van der Waals surface area contributed by atoms with Crippen molar-refractivity contribution in [3.63, 3.8) is 0 Å². The average molecular weight is 770 g/mol. The topological polar surface area (TPSA) is 111 Å². The maximum absolute atomic E-state index is 12.6. The highest BCUT2D eigenvalue weighted by molar-refractivity contribution is 7.45. The van der Waals surface area contributed by atoms with E-state index in [2.05, 4.69) is 50.3 Å². The zero-order valence-corrected chi connectivity index (χ0v) is 35.6. The van der Waals surface area contributed by atoms with E-state index in [1.165, 1.54) is 83.5 Å². The van der Waals surface area contributed by atoms with Crippen molar-refractivity contribution in [2.75, 3.05) is 47.5 Å². The van der Waals surface area contributed by atoms with E-state index in [4.69, 9.17) is 18.5 Å². The Morgan fingerprint density at radius 2 is 1.08 bits per heavy atom. The SMILES string of the molecule is CC/C=C\C/C=C\C/C=C\CCCCCC(=O)OC(COC(=O)CCCCCCCCCCCCCCCCCC)COP(=O)([O-])OCC[N+](C)(C)C. The number of phosphoric ester groups is 1. The van der Waals surface area contributed by atoms with E-state index in [9.17, 15) is 19.0 Å². The summed E-state index contributed by atoms with van der Waals surface area (Å²) in [5.41, 5.74) is 0. The van der Waals surface area contributed by atoms with E-state index in [1.807, 2.05) is 21.1 Å². The smallest absolute Gasteiger partial charge is 0.306 e. The highest BCUT2D eigenvalue weighted by Crippen LogP contribution is 2.38. The predicted molar refractivity (Wildman–Crippen MR) is 217 cm³/mol. The van der Waals surface area contributed by atoms with E-state index in [1.54, 1.807) is 0 Å². The van der Waals surface area contributed by atoms with E-state index in [0.29, 0.717) is 17.4 Å². The third-order valence-corrected chi connectivity index (χ3v) is 9.89. The van der Waals surface area contributed by atoms with Crippen LogP contribution in [0.5, 0.6) is 0 Å². The minimum Gasteiger partial charge on any atom is -0.756 e. The third-order valence-electron chi connectivity index (χ3n) is 8.92. The summed E-state index contributed by atoms with van der Waals surface area (Å²) in [6.07, 6.45) is 38.9. The summed E-state index contributed by atoms with van der Waals surface area (Å²) < 4.78 is 33.8. The van der Waals surface area contributed by atoms with Crippen LogP contribution in [0, 0.1) is 0 Å². The molecule has 0 rings (SSSR count). The quantitative estimate of drug-likeness (QED) is 0.0201. The van der Waals surface area contributed by atoms with Gasteiger partial charge in [-0.2, -0.15) is 0 Å². The molecule has 0 N–H and O–H groups in total. The number of unbranched alkanes of at least 4 members (excludes halogenated alkanes) is 18. The van der Waals surface area contributed by atoms with Gasteiger partial charge in [0.15, 0.2) is 6.10 Å². The average Bonchev–Trinajstić information content (AvgIpc) is 3.10. The summed E-state index contributed by atoms with van der Waals surface area (Å²) >= 11 is 0. The molecule has 2 atom stereocenters. The number of quaternary nitrogens is 1. The number of esters is 2. The van der Waals surface area contributed by atoms with E-state index >= 15 is 0 Å². The van der Waals surface area contributed by atoms with Crippen LogP contribution in [0.1, 0.15) is 174 Å². The number of rotatable bonds is 38. The van der Waals surface area contributed by atoms with Gasteiger partial charge in [0.05, 0.1) is 27.7 Å². The van der Waals surface area contributed by atoms with Crippen molar-refractivity contribution >= 4 is 19.8 Å². The Morgan fingerprint density at radius 3 is 1.60 bits per heavy atom. The first-order valence-corrected chi connectivity index (χ1v) is 22.7. The normalized spacial score (nSPS) is 14.0. The molecule has 9 nitrogen and oxygen atoms in total. The molecule has 0 heterocycles. The van der Waals surface area contributed by atoms with Crippen LogP contribution in [-0.2, 0) is 32.7 Å². The van der Waals surface area contributed by atoms with Crippen LogP contribution in [0.25, 0.3) is 0 Å². The fourth-order valence-corrected chi connectivity index (χ4v) is 6.34. The number of carbonyl (C=O) groups excluding carboxylic acids is 2. The Kier molecular flexibility index (Phi) is 34.7. The predicted octanol–water partition coefficient (Wildman–Crippen LogP) is 11.1. The number of phosphoric acid groups is 1. The second-order valence-electron chi connectivity index (χ2n) is 15.3. The maximum Gasteiger partial charge on any atom is 0.306 e. The number of allylic oxidation sites excluding steroid dienone is 6. The molecule has 10 heteroatoms. The molecule has 0 aromatic heterocycles. The monoisotopic (exact) mass is 770 g/mol. The Bertz CT molecular complexity index is 1010. The highest BCUT2D eigenvalue weighted by atomic mass is 31.2. The van der Waals surface area contributed by atoms with Gasteiger partial charge in [0.25, 0.3) is 7.82 Å². The second-order valence-corrected chi connectivity index (χ2v) is 16.7. The van der Waals surface area contributed by atoms with Gasteiger partial charge in [0, 0.05) is 12.8 Å². The van der Waals surface area contributed by atoms with Gasteiger partial charge in [0.2, 0.25) is 0 Å². The van der Waals surface area contributed by atoms with Gasteiger partial charge in [-0.1, -0.05) is 153 Å². The summed E-state index contributed by atoms with van der Waals surface area (Å²) in [5.74, 6) is -0.866. The Morgan fingerprint density at radius 1 is 0.604 bits per heavy atom. The van der Waals surface area contributed by atoms with Gasteiger partial charge >= 0.3 is 11.9 Å². The molecule has 0 aliphatic rings. The summed E-state index contributed by atoms with van der Waals surface area (Å²) in [6, 6.07) is 0. The van der Waals surface area contributed by atoms with Crippen molar-refractivity contribution in [3.8, 4) is 0 Å². The molecule has 310 valence electrons. The van der Waals surface area contributed by atoms with Crippen LogP contribution in [0.2, 0.25) is 0 Å². The highest BCUT2D eigenvalue weighted by Gasteiger charge is 2.21. The Hall–Kier alpha value is -1.77. The fraction of sp³-hybridized carbons (Fsp3) is 0.814. The molecule has 0 aliphatic heterocycles. The number of hydrogen-bond acceptors (Lipinski definition) is 8. The molecule has 0 fully saturated rings. The molecule has 0 saturated heterocycles. The summed E-state index contributed by atoms with van der Waals surface area (Å²) in [6.45, 7) is 4.08. The van der Waals surface area contributed by atoms with Crippen LogP contribution >= 0.6 is 7.82 Å². The molecule has 53 heavy (non-hydrogen) atoms. The third kappa shape index (κ3) is 39.7. The van der Waals surface area contributed by atoms with Gasteiger partial charge in [-0.05, 0) is 44.9 Å². The largest absolute Gasteiger partial charge is 0.756 e. The van der Waals surface area contributed by atoms with Crippen molar-refractivity contribution in [1.29, 1.82) is 0 Å². The van der Waals surface area contributed by atoms with E-state index < -0.39 is 32.5 Å². The van der Waals surface area contributed by atoms with E-state index in [-0.39, 0.29) is 26.1 Å². The lowest BCUT2D eigenvalue weighted by molar-refractivity contribution is -0.870. The number of nitrogens with zero attached hydrogens (tertiary/aromatic N) is 1. The van der Waals surface area contributed by atoms with Crippen LogP contribution < -0.4 is 4.89 Å². The number of hydrogen-bond donors (Lipinski definition) is 0. The number of carbonyl (C=O) groups is 2. The molecule has 0 aliphatic carbocycles. The Balaban J connectivity index is 4.39. The van der Waals surface area contributed by atoms with Gasteiger partial charge in [-0.15, -0.1) is 0 Å². The van der Waals surface area contributed by atoms with Crippen molar-refractivity contribution in [3.05, 3.63) is 36.5 Å². The molecule has 0 aromatic carbocycles. The molecule has 0 bridgehead atoms. The fourth-order valence-electron chi connectivity index (χ4n) is 5.61. The van der Waals surface area contributed by atoms with Crippen LogP contribution in [0.3, 0.4) is 0 Å². The minimum atomic E-state index is -4.63. The molecular formula is C43H80NO8P. The van der Waals surface area contributed by atoms with Crippen molar-refractivity contribution in [2.24, 2.45) is 0 Å². The molecule has 0 spiro atoms. The Labute approximate surface area is 325 Å². The van der Waals surface area contributed by atoms with Gasteiger partial charge in [-0.25, -0.2) is 0 Å². The van der Waals surface area contributed by atoms with Crippen molar-refractivity contribution in [2.45, 2.75) is 180 Å². The first-order valence-electron chi connectivity index (χ1n) is 21.2. The lowest BCUT2D eigenvalue weighted by atomic mass is 10.0. The molecule has 0 aromatic rings. The number of ether oxygens (including phenoxy) is 2. The summed E-state index contributed by atoms with van der Waals surface area (Å²) in [4.78, 5) is 37.4. The van der Waals surface area contributed by atoms with Crippen LogP contribution in [0.4, 0.5) is 0 Å². The zero-order valence-electron chi connectivity index (χ0n) is 34.7. The minimum absolute atomic E-state index is 0.0362. The first-order chi connectivity index (χ1) is 25.5. The van der Waals surface area contributed by atoms with Crippen LogP contribution in [-0.4, -0.2) is 70.0 Å². The van der Waals surface area contributed by atoms with Crippen molar-refractivity contribution < 1.29 is 42.1 Å². The molecule has 0 saturated carbocycles. The van der Waals surface area contributed by atoms with Gasteiger partial charge in [-0.3, -0.25) is 14.2 Å².